The first-order chi connectivity index (χ1) is 7.35. The number of methoxy groups -OCH3 is 1. The fourth-order valence-electron chi connectivity index (χ4n) is 1.03. The summed E-state index contributed by atoms with van der Waals surface area (Å²) in [6.07, 6.45) is -1.67. The van der Waals surface area contributed by atoms with Gasteiger partial charge in [-0.2, -0.15) is 0 Å². The number of esters is 2. The Kier molecular flexibility index (Phi) is 5.44. The van der Waals surface area contributed by atoms with E-state index in [0.717, 1.165) is 7.11 Å². The normalized spacial score (nSPS) is 13.7. The predicted octanol–water partition coefficient (Wildman–Crippen LogP) is -0.682. The minimum Gasteiger partial charge on any atom is -0.481 e. The van der Waals surface area contributed by atoms with E-state index in [1.54, 1.807) is 0 Å². The number of rotatable bonds is 6. The van der Waals surface area contributed by atoms with Crippen LogP contribution in [0.2, 0.25) is 0 Å². The van der Waals surface area contributed by atoms with Crippen molar-refractivity contribution < 1.29 is 34.1 Å². The first-order valence-electron chi connectivity index (χ1n) is 4.54. The fraction of sp³-hybridized carbons (Fsp3) is 0.667. The van der Waals surface area contributed by atoms with Gasteiger partial charge in [0, 0.05) is 0 Å². The van der Waals surface area contributed by atoms with Crippen molar-refractivity contribution in [2.45, 2.75) is 25.4 Å². The highest BCUT2D eigenvalue weighted by Crippen LogP contribution is 2.18. The Bertz CT molecular complexity index is 286. The van der Waals surface area contributed by atoms with Crippen molar-refractivity contribution in [3.8, 4) is 0 Å². The number of hydrogen-bond acceptors (Lipinski definition) is 6. The molecule has 0 radical (unpaired) electrons. The van der Waals surface area contributed by atoms with Gasteiger partial charge in [-0.1, -0.05) is 0 Å². The molecule has 0 rings (SSSR count). The molecule has 0 saturated carbocycles. The van der Waals surface area contributed by atoms with Gasteiger partial charge in [0.05, 0.1) is 26.6 Å². The van der Waals surface area contributed by atoms with E-state index in [2.05, 4.69) is 9.47 Å². The highest BCUT2D eigenvalue weighted by Gasteiger charge is 2.42. The van der Waals surface area contributed by atoms with Gasteiger partial charge in [-0.15, -0.1) is 0 Å². The molecule has 0 saturated heterocycles. The third kappa shape index (κ3) is 4.26. The van der Waals surface area contributed by atoms with Crippen LogP contribution in [0.3, 0.4) is 0 Å². The monoisotopic (exact) mass is 234 g/mol. The van der Waals surface area contributed by atoms with Gasteiger partial charge >= 0.3 is 17.9 Å². The first kappa shape index (κ1) is 14.4. The van der Waals surface area contributed by atoms with Gasteiger partial charge in [0.1, 0.15) is 0 Å². The average molecular weight is 234 g/mol. The molecular formula is C9H14O7. The zero-order chi connectivity index (χ0) is 12.8. The smallest absolute Gasteiger partial charge is 0.339 e. The Labute approximate surface area is 92.0 Å². The van der Waals surface area contributed by atoms with E-state index in [1.165, 1.54) is 6.92 Å². The highest BCUT2D eigenvalue weighted by atomic mass is 16.6. The SMILES string of the molecule is CCOC(=O)C(O)(CC(=O)O)CC(=O)OC. The topological polar surface area (TPSA) is 110 Å². The molecule has 0 spiro atoms. The molecule has 0 aliphatic rings. The van der Waals surface area contributed by atoms with Crippen molar-refractivity contribution in [2.75, 3.05) is 13.7 Å². The standard InChI is InChI=1S/C9H14O7/c1-3-16-8(13)9(14,4-6(10)11)5-7(12)15-2/h14H,3-5H2,1-2H3,(H,10,11). The summed E-state index contributed by atoms with van der Waals surface area (Å²) in [4.78, 5) is 32.7. The number of aliphatic hydroxyl groups is 1. The van der Waals surface area contributed by atoms with Crippen LogP contribution in [0.4, 0.5) is 0 Å². The Morgan fingerprint density at radius 2 is 1.81 bits per heavy atom. The van der Waals surface area contributed by atoms with Gasteiger partial charge in [0.15, 0.2) is 5.60 Å². The van der Waals surface area contributed by atoms with Gasteiger partial charge in [-0.25, -0.2) is 4.79 Å². The molecular weight excluding hydrogens is 220 g/mol. The molecule has 16 heavy (non-hydrogen) atoms. The van der Waals surface area contributed by atoms with Crippen molar-refractivity contribution in [2.24, 2.45) is 0 Å². The van der Waals surface area contributed by atoms with Crippen LogP contribution in [0.5, 0.6) is 0 Å². The highest BCUT2D eigenvalue weighted by molar-refractivity contribution is 5.89. The van der Waals surface area contributed by atoms with Gasteiger partial charge in [-0.05, 0) is 6.92 Å². The number of carbonyl (C=O) groups excluding carboxylic acids is 2. The van der Waals surface area contributed by atoms with E-state index in [0.29, 0.717) is 0 Å². The molecule has 0 amide bonds. The Hall–Kier alpha value is -1.63. The van der Waals surface area contributed by atoms with E-state index in [1.807, 2.05) is 0 Å². The van der Waals surface area contributed by atoms with Crippen molar-refractivity contribution in [3.63, 3.8) is 0 Å². The summed E-state index contributed by atoms with van der Waals surface area (Å²) >= 11 is 0. The van der Waals surface area contributed by atoms with Crippen LogP contribution >= 0.6 is 0 Å². The van der Waals surface area contributed by atoms with E-state index in [4.69, 9.17) is 5.11 Å². The molecule has 0 bridgehead atoms. The lowest BCUT2D eigenvalue weighted by Crippen LogP contribution is -2.44. The summed E-state index contributed by atoms with van der Waals surface area (Å²) in [7, 11) is 1.06. The summed E-state index contributed by atoms with van der Waals surface area (Å²) in [5.41, 5.74) is -2.38. The zero-order valence-electron chi connectivity index (χ0n) is 9.06. The molecule has 2 N–H and O–H groups in total. The van der Waals surface area contributed by atoms with E-state index >= 15 is 0 Å². The largest absolute Gasteiger partial charge is 0.481 e. The minimum atomic E-state index is -2.38. The van der Waals surface area contributed by atoms with E-state index in [9.17, 15) is 19.5 Å². The Morgan fingerprint density at radius 1 is 1.25 bits per heavy atom. The average Bonchev–Trinajstić information content (AvgIpc) is 2.16. The van der Waals surface area contributed by atoms with Crippen molar-refractivity contribution >= 4 is 17.9 Å². The minimum absolute atomic E-state index is 0.0259. The molecule has 0 fully saturated rings. The van der Waals surface area contributed by atoms with Crippen LogP contribution in [0, 0.1) is 0 Å². The Balaban J connectivity index is 4.79. The zero-order valence-corrected chi connectivity index (χ0v) is 9.06. The summed E-state index contributed by atoms with van der Waals surface area (Å²) in [5, 5.41) is 18.3. The molecule has 1 atom stereocenters. The molecule has 1 unspecified atom stereocenters. The molecule has 0 aromatic rings. The second-order valence-corrected chi connectivity index (χ2v) is 3.08. The number of carbonyl (C=O) groups is 3. The molecule has 0 aromatic carbocycles. The second kappa shape index (κ2) is 6.06. The van der Waals surface area contributed by atoms with E-state index in [-0.39, 0.29) is 6.61 Å². The van der Waals surface area contributed by atoms with Crippen LogP contribution in [-0.4, -0.2) is 47.4 Å². The van der Waals surface area contributed by atoms with Crippen LogP contribution in [0.15, 0.2) is 0 Å². The maximum absolute atomic E-state index is 11.3. The number of hydrogen-bond donors (Lipinski definition) is 2. The van der Waals surface area contributed by atoms with Crippen LogP contribution in [-0.2, 0) is 23.9 Å². The Morgan fingerprint density at radius 3 is 2.19 bits per heavy atom. The van der Waals surface area contributed by atoms with Crippen LogP contribution < -0.4 is 0 Å². The summed E-state index contributed by atoms with van der Waals surface area (Å²) < 4.78 is 8.75. The second-order valence-electron chi connectivity index (χ2n) is 3.08. The van der Waals surface area contributed by atoms with Crippen molar-refractivity contribution in [3.05, 3.63) is 0 Å². The predicted molar refractivity (Wildman–Crippen MR) is 50.5 cm³/mol. The molecule has 0 aromatic heterocycles. The molecule has 92 valence electrons. The molecule has 0 heterocycles. The molecule has 7 heteroatoms. The fourth-order valence-corrected chi connectivity index (χ4v) is 1.03. The first-order valence-corrected chi connectivity index (χ1v) is 4.54. The quantitative estimate of drug-likeness (QED) is 0.585. The maximum Gasteiger partial charge on any atom is 0.339 e. The summed E-state index contributed by atoms with van der Waals surface area (Å²) in [5.74, 6) is -3.46. The lowest BCUT2D eigenvalue weighted by atomic mass is 9.96. The summed E-state index contributed by atoms with van der Waals surface area (Å²) in [6.45, 7) is 1.47. The maximum atomic E-state index is 11.3. The van der Waals surface area contributed by atoms with Crippen molar-refractivity contribution in [1.82, 2.24) is 0 Å². The lowest BCUT2D eigenvalue weighted by molar-refractivity contribution is -0.175. The number of aliphatic carboxylic acids is 1. The molecule has 0 aliphatic heterocycles. The van der Waals surface area contributed by atoms with Gasteiger partial charge in [-0.3, -0.25) is 9.59 Å². The van der Waals surface area contributed by atoms with E-state index < -0.39 is 36.4 Å². The number of ether oxygens (including phenoxy) is 2. The van der Waals surface area contributed by atoms with Gasteiger partial charge in [0.2, 0.25) is 0 Å². The molecule has 7 nitrogen and oxygen atoms in total. The van der Waals surface area contributed by atoms with Crippen LogP contribution in [0.25, 0.3) is 0 Å². The third-order valence-electron chi connectivity index (χ3n) is 1.76. The number of carboxylic acids is 1. The van der Waals surface area contributed by atoms with Gasteiger partial charge in [0.25, 0.3) is 0 Å². The molecule has 0 aliphatic carbocycles. The van der Waals surface area contributed by atoms with Crippen molar-refractivity contribution in [1.29, 1.82) is 0 Å². The third-order valence-corrected chi connectivity index (χ3v) is 1.76. The van der Waals surface area contributed by atoms with Gasteiger partial charge < -0.3 is 19.7 Å². The lowest BCUT2D eigenvalue weighted by Gasteiger charge is -2.22. The number of carboxylic acid groups (broad SMARTS) is 1. The van der Waals surface area contributed by atoms with Crippen LogP contribution in [0.1, 0.15) is 19.8 Å². The summed E-state index contributed by atoms with van der Waals surface area (Å²) in [6, 6.07) is 0.